The van der Waals surface area contributed by atoms with E-state index in [1.807, 2.05) is 0 Å². The lowest BCUT2D eigenvalue weighted by Gasteiger charge is -2.32. The maximum absolute atomic E-state index is 13.1. The Balaban J connectivity index is 1.53. The van der Waals surface area contributed by atoms with Gasteiger partial charge in [-0.25, -0.2) is 8.42 Å². The fraction of sp³-hybridized carbons (Fsp3) is 0.500. The van der Waals surface area contributed by atoms with Crippen LogP contribution in [0.2, 0.25) is 0 Å². The molecule has 3 heterocycles. The SMILES string of the molecule is COc1ccc(S(=O)(=O)N2CCCC(c3[nH]ncc3C(=O)N3CCOCC3)C2)cc1. The second-order valence-electron chi connectivity index (χ2n) is 7.48. The molecule has 1 unspecified atom stereocenters. The molecule has 2 saturated heterocycles. The van der Waals surface area contributed by atoms with Gasteiger partial charge in [0.2, 0.25) is 10.0 Å². The van der Waals surface area contributed by atoms with Crippen molar-refractivity contribution in [2.24, 2.45) is 0 Å². The molecule has 2 aliphatic rings. The molecule has 1 amide bonds. The van der Waals surface area contributed by atoms with E-state index in [-0.39, 0.29) is 16.7 Å². The monoisotopic (exact) mass is 434 g/mol. The summed E-state index contributed by atoms with van der Waals surface area (Å²) in [5, 5.41) is 7.05. The molecule has 9 nitrogen and oxygen atoms in total. The number of aromatic nitrogens is 2. The highest BCUT2D eigenvalue weighted by atomic mass is 32.2. The Morgan fingerprint density at radius 3 is 2.63 bits per heavy atom. The lowest BCUT2D eigenvalue weighted by Crippen LogP contribution is -2.42. The Kier molecular flexibility index (Phi) is 6.07. The quantitative estimate of drug-likeness (QED) is 0.764. The molecule has 2 aliphatic heterocycles. The van der Waals surface area contributed by atoms with Crippen LogP contribution in [0.1, 0.15) is 34.8 Å². The summed E-state index contributed by atoms with van der Waals surface area (Å²) in [7, 11) is -2.09. The van der Waals surface area contributed by atoms with Gasteiger partial charge in [0.05, 0.1) is 42.7 Å². The fourth-order valence-corrected chi connectivity index (χ4v) is 5.53. The summed E-state index contributed by atoms with van der Waals surface area (Å²) in [6.07, 6.45) is 3.05. The Hall–Kier alpha value is -2.43. The van der Waals surface area contributed by atoms with E-state index >= 15 is 0 Å². The normalized spacial score (nSPS) is 20.8. The number of amides is 1. The standard InChI is InChI=1S/C20H26N4O5S/c1-28-16-4-6-17(7-5-16)30(26,27)24-8-2-3-15(14-24)19-18(13-21-22-19)20(25)23-9-11-29-12-10-23/h4-7,13,15H,2-3,8-12,14H2,1H3,(H,21,22). The minimum absolute atomic E-state index is 0.0859. The number of carbonyl (C=O) groups excluding carboxylic acids is 1. The number of hydrogen-bond acceptors (Lipinski definition) is 6. The van der Waals surface area contributed by atoms with E-state index in [1.54, 1.807) is 42.5 Å². The number of hydrogen-bond donors (Lipinski definition) is 1. The van der Waals surface area contributed by atoms with Gasteiger partial charge in [0.15, 0.2) is 0 Å². The van der Waals surface area contributed by atoms with Crippen LogP contribution < -0.4 is 4.74 Å². The van der Waals surface area contributed by atoms with Crippen molar-refractivity contribution in [1.82, 2.24) is 19.4 Å². The second kappa shape index (κ2) is 8.75. The highest BCUT2D eigenvalue weighted by Gasteiger charge is 2.34. The molecule has 1 aromatic heterocycles. The number of benzene rings is 1. The van der Waals surface area contributed by atoms with Crippen molar-refractivity contribution in [3.05, 3.63) is 41.7 Å². The average molecular weight is 435 g/mol. The molecule has 162 valence electrons. The zero-order valence-corrected chi connectivity index (χ0v) is 17.7. The van der Waals surface area contributed by atoms with Gasteiger partial charge in [0.25, 0.3) is 5.91 Å². The van der Waals surface area contributed by atoms with Crippen molar-refractivity contribution in [2.75, 3.05) is 46.5 Å². The molecular weight excluding hydrogens is 408 g/mol. The molecule has 0 spiro atoms. The maximum atomic E-state index is 13.1. The summed E-state index contributed by atoms with van der Waals surface area (Å²) in [6.45, 7) is 2.90. The van der Waals surface area contributed by atoms with Crippen LogP contribution in [-0.2, 0) is 14.8 Å². The number of ether oxygens (including phenoxy) is 2. The molecule has 0 saturated carbocycles. The van der Waals surface area contributed by atoms with Crippen LogP contribution in [0.3, 0.4) is 0 Å². The van der Waals surface area contributed by atoms with Crippen molar-refractivity contribution < 1.29 is 22.7 Å². The molecule has 4 rings (SSSR count). The van der Waals surface area contributed by atoms with E-state index in [2.05, 4.69) is 10.2 Å². The van der Waals surface area contributed by atoms with Crippen LogP contribution >= 0.6 is 0 Å². The smallest absolute Gasteiger partial charge is 0.257 e. The number of morpholine rings is 1. The van der Waals surface area contributed by atoms with E-state index in [0.717, 1.165) is 6.42 Å². The largest absolute Gasteiger partial charge is 0.497 e. The van der Waals surface area contributed by atoms with Gasteiger partial charge in [-0.3, -0.25) is 9.89 Å². The van der Waals surface area contributed by atoms with Crippen molar-refractivity contribution in [2.45, 2.75) is 23.7 Å². The number of nitrogens with zero attached hydrogens (tertiary/aromatic N) is 3. The Morgan fingerprint density at radius 1 is 1.20 bits per heavy atom. The van der Waals surface area contributed by atoms with E-state index in [9.17, 15) is 13.2 Å². The summed E-state index contributed by atoms with van der Waals surface area (Å²) >= 11 is 0. The average Bonchev–Trinajstić information content (AvgIpc) is 3.29. The molecule has 1 atom stereocenters. The Bertz CT molecular complexity index is 983. The van der Waals surface area contributed by atoms with Crippen LogP contribution in [-0.4, -0.2) is 80.2 Å². The fourth-order valence-electron chi connectivity index (χ4n) is 4.01. The number of aromatic amines is 1. The highest BCUT2D eigenvalue weighted by Crippen LogP contribution is 2.31. The van der Waals surface area contributed by atoms with Gasteiger partial charge in [-0.2, -0.15) is 9.40 Å². The molecule has 0 radical (unpaired) electrons. The van der Waals surface area contributed by atoms with Gasteiger partial charge in [0.1, 0.15) is 5.75 Å². The summed E-state index contributed by atoms with van der Waals surface area (Å²) in [6, 6.07) is 6.40. The van der Waals surface area contributed by atoms with E-state index in [1.165, 1.54) is 4.31 Å². The Morgan fingerprint density at radius 2 is 1.93 bits per heavy atom. The highest BCUT2D eigenvalue weighted by molar-refractivity contribution is 7.89. The van der Waals surface area contributed by atoms with Crippen molar-refractivity contribution in [3.63, 3.8) is 0 Å². The molecule has 0 bridgehead atoms. The number of sulfonamides is 1. The minimum atomic E-state index is -3.63. The Labute approximate surface area is 176 Å². The first kappa shape index (κ1) is 20.8. The molecule has 2 aromatic rings. The molecule has 10 heteroatoms. The second-order valence-corrected chi connectivity index (χ2v) is 9.42. The van der Waals surface area contributed by atoms with Crippen molar-refractivity contribution >= 4 is 15.9 Å². The van der Waals surface area contributed by atoms with Crippen molar-refractivity contribution in [1.29, 1.82) is 0 Å². The lowest BCUT2D eigenvalue weighted by molar-refractivity contribution is 0.0301. The molecular formula is C20H26N4O5S. The maximum Gasteiger partial charge on any atom is 0.257 e. The zero-order valence-electron chi connectivity index (χ0n) is 16.9. The van der Waals surface area contributed by atoms with Crippen LogP contribution in [0.15, 0.2) is 35.4 Å². The predicted octanol–water partition coefficient (Wildman–Crippen LogP) is 1.46. The number of carbonyl (C=O) groups is 1. The topological polar surface area (TPSA) is 105 Å². The van der Waals surface area contributed by atoms with Crippen LogP contribution in [0, 0.1) is 0 Å². The predicted molar refractivity (Wildman–Crippen MR) is 109 cm³/mol. The van der Waals surface area contributed by atoms with Crippen LogP contribution in [0.5, 0.6) is 5.75 Å². The molecule has 1 aromatic carbocycles. The number of methoxy groups -OCH3 is 1. The molecule has 2 fully saturated rings. The minimum Gasteiger partial charge on any atom is -0.497 e. The number of H-pyrrole nitrogens is 1. The summed E-state index contributed by atoms with van der Waals surface area (Å²) in [5.41, 5.74) is 1.23. The van der Waals surface area contributed by atoms with Gasteiger partial charge in [-0.05, 0) is 37.1 Å². The summed E-state index contributed by atoms with van der Waals surface area (Å²) in [4.78, 5) is 14.9. The van der Waals surface area contributed by atoms with Gasteiger partial charge < -0.3 is 14.4 Å². The van der Waals surface area contributed by atoms with Gasteiger partial charge in [-0.1, -0.05) is 0 Å². The first-order valence-electron chi connectivity index (χ1n) is 10.0. The first-order chi connectivity index (χ1) is 14.5. The van der Waals surface area contributed by atoms with Gasteiger partial charge >= 0.3 is 0 Å². The van der Waals surface area contributed by atoms with Crippen LogP contribution in [0.4, 0.5) is 0 Å². The van der Waals surface area contributed by atoms with Crippen molar-refractivity contribution in [3.8, 4) is 5.75 Å². The van der Waals surface area contributed by atoms with E-state index in [0.29, 0.717) is 62.8 Å². The molecule has 30 heavy (non-hydrogen) atoms. The van der Waals surface area contributed by atoms with E-state index < -0.39 is 10.0 Å². The zero-order chi connectivity index (χ0) is 21.1. The lowest BCUT2D eigenvalue weighted by atomic mass is 9.93. The van der Waals surface area contributed by atoms with E-state index in [4.69, 9.17) is 9.47 Å². The van der Waals surface area contributed by atoms with Crippen LogP contribution in [0.25, 0.3) is 0 Å². The third-order valence-corrected chi connectivity index (χ3v) is 7.57. The number of piperidine rings is 1. The summed E-state index contributed by atoms with van der Waals surface area (Å²) in [5.74, 6) is 0.403. The third kappa shape index (κ3) is 4.07. The first-order valence-corrected chi connectivity index (χ1v) is 11.5. The number of nitrogens with one attached hydrogen (secondary N) is 1. The summed E-state index contributed by atoms with van der Waals surface area (Å²) < 4.78 is 38.2. The molecule has 0 aliphatic carbocycles. The third-order valence-electron chi connectivity index (χ3n) is 5.69. The van der Waals surface area contributed by atoms with Gasteiger partial charge in [-0.15, -0.1) is 0 Å². The number of rotatable bonds is 5. The molecule has 1 N–H and O–H groups in total. The van der Waals surface area contributed by atoms with Gasteiger partial charge in [0, 0.05) is 32.1 Å².